The van der Waals surface area contributed by atoms with Gasteiger partial charge in [0.05, 0.1) is 11.1 Å². The van der Waals surface area contributed by atoms with E-state index >= 15 is 0 Å². The fourth-order valence-electron chi connectivity index (χ4n) is 1.16. The lowest BCUT2D eigenvalue weighted by atomic mass is 10.0. The summed E-state index contributed by atoms with van der Waals surface area (Å²) in [5.74, 6) is -0.551. The summed E-state index contributed by atoms with van der Waals surface area (Å²) in [7, 11) is 0. The highest BCUT2D eigenvalue weighted by Crippen LogP contribution is 2.17. The Balaban J connectivity index is 3.50. The van der Waals surface area contributed by atoms with E-state index in [-0.39, 0.29) is 0 Å². The van der Waals surface area contributed by atoms with Gasteiger partial charge in [0.25, 0.3) is 0 Å². The Kier molecular flexibility index (Phi) is 2.88. The zero-order valence-electron chi connectivity index (χ0n) is 6.97. The minimum absolute atomic E-state index is 0.322. The van der Waals surface area contributed by atoms with E-state index < -0.39 is 5.91 Å². The molecule has 66 valence electrons. The molecule has 0 fully saturated rings. The van der Waals surface area contributed by atoms with Crippen LogP contribution in [-0.2, 0) is 0 Å². The van der Waals surface area contributed by atoms with Crippen LogP contribution in [0.1, 0.15) is 21.5 Å². The lowest BCUT2D eigenvalue weighted by Gasteiger charge is -2.04. The van der Waals surface area contributed by atoms with Crippen LogP contribution in [0.25, 0.3) is 0 Å². The van der Waals surface area contributed by atoms with Crippen LogP contribution in [0, 0.1) is 21.8 Å². The molecule has 0 aliphatic heterocycles. The van der Waals surface area contributed by atoms with Crippen LogP contribution in [-0.4, -0.2) is 5.91 Å². The number of benzene rings is 1. The summed E-state index contributed by atoms with van der Waals surface area (Å²) in [6.07, 6.45) is 0. The molecule has 0 unspecified atom stereocenters. The number of aryl methyl sites for hydroxylation is 1. The molecule has 1 amide bonds. The van der Waals surface area contributed by atoms with Crippen molar-refractivity contribution in [2.45, 2.75) is 6.92 Å². The summed E-state index contributed by atoms with van der Waals surface area (Å²) in [6.45, 7) is 1.77. The van der Waals surface area contributed by atoms with Crippen LogP contribution in [0.5, 0.6) is 0 Å². The van der Waals surface area contributed by atoms with Crippen molar-refractivity contribution in [3.63, 3.8) is 0 Å². The Morgan fingerprint density at radius 1 is 1.62 bits per heavy atom. The normalized spacial score (nSPS) is 9.31. The van der Waals surface area contributed by atoms with Gasteiger partial charge in [-0.25, -0.2) is 0 Å². The van der Waals surface area contributed by atoms with Gasteiger partial charge in [-0.3, -0.25) is 4.79 Å². The molecule has 0 spiro atoms. The Morgan fingerprint density at radius 2 is 2.23 bits per heavy atom. The topological polar surface area (TPSA) is 66.9 Å². The molecule has 4 heteroatoms. The maximum Gasteiger partial charge on any atom is 0.250 e. The van der Waals surface area contributed by atoms with Gasteiger partial charge in [0, 0.05) is 3.57 Å². The third-order valence-electron chi connectivity index (χ3n) is 1.67. The Bertz CT molecular complexity index is 407. The predicted octanol–water partition coefficient (Wildman–Crippen LogP) is 1.57. The molecule has 0 saturated heterocycles. The Labute approximate surface area is 89.7 Å². The van der Waals surface area contributed by atoms with Gasteiger partial charge in [0.15, 0.2) is 0 Å². The first-order chi connectivity index (χ1) is 6.06. The molecule has 0 bridgehead atoms. The van der Waals surface area contributed by atoms with E-state index in [1.807, 2.05) is 12.1 Å². The first kappa shape index (κ1) is 9.99. The molecule has 0 aromatic heterocycles. The summed E-state index contributed by atoms with van der Waals surface area (Å²) in [5, 5.41) is 8.76. The molecule has 0 heterocycles. The molecular weight excluding hydrogens is 279 g/mol. The average Bonchev–Trinajstić information content (AvgIpc) is 2.01. The highest BCUT2D eigenvalue weighted by Gasteiger charge is 2.11. The molecule has 3 nitrogen and oxygen atoms in total. The van der Waals surface area contributed by atoms with Crippen molar-refractivity contribution in [3.05, 3.63) is 32.4 Å². The van der Waals surface area contributed by atoms with E-state index in [1.165, 1.54) is 0 Å². The summed E-state index contributed by atoms with van der Waals surface area (Å²) in [5.41, 5.74) is 6.56. The zero-order chi connectivity index (χ0) is 10.0. The van der Waals surface area contributed by atoms with Crippen molar-refractivity contribution in [1.82, 2.24) is 0 Å². The summed E-state index contributed by atoms with van der Waals surface area (Å²) in [6, 6.07) is 5.42. The number of primary amides is 1. The van der Waals surface area contributed by atoms with Gasteiger partial charge >= 0.3 is 0 Å². The zero-order valence-corrected chi connectivity index (χ0v) is 9.12. The van der Waals surface area contributed by atoms with Crippen molar-refractivity contribution >= 4 is 28.5 Å². The number of hydrogen-bond donors (Lipinski definition) is 1. The van der Waals surface area contributed by atoms with Crippen LogP contribution < -0.4 is 5.73 Å². The van der Waals surface area contributed by atoms with Gasteiger partial charge in [-0.05, 0) is 47.2 Å². The lowest BCUT2D eigenvalue weighted by Crippen LogP contribution is -2.14. The standard InChI is InChI=1S/C9H7IN2O/c1-5-2-7(10)3-6(4-11)8(5)9(12)13/h2-3H,1H3,(H2,12,13). The number of carbonyl (C=O) groups is 1. The van der Waals surface area contributed by atoms with Crippen LogP contribution in [0.4, 0.5) is 0 Å². The van der Waals surface area contributed by atoms with Crippen LogP contribution in [0.15, 0.2) is 12.1 Å². The number of amides is 1. The number of halogens is 1. The number of rotatable bonds is 1. The van der Waals surface area contributed by atoms with Crippen molar-refractivity contribution < 1.29 is 4.79 Å². The minimum Gasteiger partial charge on any atom is -0.366 e. The molecule has 13 heavy (non-hydrogen) atoms. The number of nitrogens with two attached hydrogens (primary N) is 1. The quantitative estimate of drug-likeness (QED) is 0.796. The second kappa shape index (κ2) is 3.75. The van der Waals surface area contributed by atoms with Gasteiger partial charge in [-0.2, -0.15) is 5.26 Å². The van der Waals surface area contributed by atoms with Gasteiger partial charge in [-0.1, -0.05) is 0 Å². The van der Waals surface area contributed by atoms with Crippen LogP contribution in [0.3, 0.4) is 0 Å². The van der Waals surface area contributed by atoms with Crippen molar-refractivity contribution in [2.24, 2.45) is 5.73 Å². The number of nitriles is 1. The van der Waals surface area contributed by atoms with E-state index in [4.69, 9.17) is 11.0 Å². The smallest absolute Gasteiger partial charge is 0.250 e. The van der Waals surface area contributed by atoms with Crippen LogP contribution in [0.2, 0.25) is 0 Å². The summed E-state index contributed by atoms with van der Waals surface area (Å²) < 4.78 is 0.927. The molecule has 0 saturated carbocycles. The van der Waals surface area contributed by atoms with Gasteiger partial charge in [0.1, 0.15) is 6.07 Å². The van der Waals surface area contributed by atoms with E-state index in [2.05, 4.69) is 22.6 Å². The van der Waals surface area contributed by atoms with Crippen molar-refractivity contribution in [2.75, 3.05) is 0 Å². The molecule has 0 radical (unpaired) electrons. The third-order valence-corrected chi connectivity index (χ3v) is 2.29. The maximum atomic E-state index is 11.0. The van der Waals surface area contributed by atoms with E-state index in [0.717, 1.165) is 9.13 Å². The van der Waals surface area contributed by atoms with Crippen LogP contribution >= 0.6 is 22.6 Å². The molecule has 1 aromatic rings. The largest absolute Gasteiger partial charge is 0.366 e. The van der Waals surface area contributed by atoms with E-state index in [1.54, 1.807) is 13.0 Å². The molecule has 0 aliphatic rings. The Morgan fingerprint density at radius 3 is 2.69 bits per heavy atom. The number of nitrogens with zero attached hydrogens (tertiary/aromatic N) is 1. The molecule has 1 aromatic carbocycles. The number of hydrogen-bond acceptors (Lipinski definition) is 2. The molecule has 1 rings (SSSR count). The average molecular weight is 286 g/mol. The summed E-state index contributed by atoms with van der Waals surface area (Å²) >= 11 is 2.09. The van der Waals surface area contributed by atoms with Crippen molar-refractivity contribution in [3.8, 4) is 6.07 Å². The molecule has 0 atom stereocenters. The first-order valence-electron chi connectivity index (χ1n) is 3.56. The molecule has 2 N–H and O–H groups in total. The molecular formula is C9H7IN2O. The van der Waals surface area contributed by atoms with Gasteiger partial charge in [-0.15, -0.1) is 0 Å². The van der Waals surface area contributed by atoms with E-state index in [9.17, 15) is 4.79 Å². The first-order valence-corrected chi connectivity index (χ1v) is 4.64. The highest BCUT2D eigenvalue weighted by atomic mass is 127. The SMILES string of the molecule is Cc1cc(I)cc(C#N)c1C(N)=O. The Hall–Kier alpha value is -1.09. The van der Waals surface area contributed by atoms with Gasteiger partial charge < -0.3 is 5.73 Å². The second-order valence-electron chi connectivity index (χ2n) is 2.62. The lowest BCUT2D eigenvalue weighted by molar-refractivity contribution is 0.0999. The highest BCUT2D eigenvalue weighted by molar-refractivity contribution is 14.1. The number of carbonyl (C=O) groups excluding carboxylic acids is 1. The molecule has 0 aliphatic carbocycles. The van der Waals surface area contributed by atoms with Gasteiger partial charge in [0.2, 0.25) is 5.91 Å². The third kappa shape index (κ3) is 1.98. The summed E-state index contributed by atoms with van der Waals surface area (Å²) in [4.78, 5) is 11.0. The fourth-order valence-corrected chi connectivity index (χ4v) is 1.94. The second-order valence-corrected chi connectivity index (χ2v) is 3.87. The minimum atomic E-state index is -0.551. The van der Waals surface area contributed by atoms with Crippen molar-refractivity contribution in [1.29, 1.82) is 5.26 Å². The fraction of sp³-hybridized carbons (Fsp3) is 0.111. The maximum absolute atomic E-state index is 11.0. The van der Waals surface area contributed by atoms with E-state index in [0.29, 0.717) is 11.1 Å². The predicted molar refractivity (Wildman–Crippen MR) is 57.1 cm³/mol. The monoisotopic (exact) mass is 286 g/mol.